The van der Waals surface area contributed by atoms with Gasteiger partial charge in [0.15, 0.2) is 0 Å². The van der Waals surface area contributed by atoms with Crippen molar-refractivity contribution in [2.75, 3.05) is 0 Å². The molecule has 0 atom stereocenters. The Morgan fingerprint density at radius 2 is 2.38 bits per heavy atom. The zero-order valence-corrected chi connectivity index (χ0v) is 4.67. The largest absolute Gasteiger partial charge is 0.353 e. The highest BCUT2D eigenvalue weighted by atomic mass is 14.7. The molecule has 0 fully saturated rings. The summed E-state index contributed by atoms with van der Waals surface area (Å²) in [4.78, 5) is 4.03. The molecule has 0 aromatic carbocycles. The third kappa shape index (κ3) is 1.04. The molecule has 0 saturated heterocycles. The highest BCUT2D eigenvalue weighted by molar-refractivity contribution is 5.01. The van der Waals surface area contributed by atoms with E-state index in [-0.39, 0.29) is 0 Å². The Bertz CT molecular complexity index is 148. The third-order valence-corrected chi connectivity index (χ3v) is 0.982. The van der Waals surface area contributed by atoms with Crippen molar-refractivity contribution >= 4 is 0 Å². The van der Waals surface area contributed by atoms with E-state index < -0.39 is 0 Å². The Kier molecular flexibility index (Phi) is 1.59. The fraction of sp³-hybridized carbons (Fsp3) is 0.167. The van der Waals surface area contributed by atoms with Crippen LogP contribution in [0.4, 0.5) is 0 Å². The second-order valence-corrected chi connectivity index (χ2v) is 1.57. The van der Waals surface area contributed by atoms with Crippen LogP contribution in [0.25, 0.3) is 0 Å². The van der Waals surface area contributed by atoms with E-state index >= 15 is 0 Å². The first-order valence-corrected chi connectivity index (χ1v) is 2.62. The van der Waals surface area contributed by atoms with Crippen molar-refractivity contribution in [3.8, 4) is 0 Å². The van der Waals surface area contributed by atoms with Crippen LogP contribution in [0.3, 0.4) is 0 Å². The van der Waals surface area contributed by atoms with Gasteiger partial charge in [0.25, 0.3) is 0 Å². The molecular formula is C6H9N2+. The minimum absolute atomic E-state index is 0.779. The van der Waals surface area contributed by atoms with Gasteiger partial charge >= 0.3 is 0 Å². The zero-order valence-electron chi connectivity index (χ0n) is 4.67. The van der Waals surface area contributed by atoms with E-state index in [9.17, 15) is 0 Å². The van der Waals surface area contributed by atoms with Gasteiger partial charge in [-0.15, -0.1) is 0 Å². The van der Waals surface area contributed by atoms with Crippen LogP contribution in [0.1, 0.15) is 5.69 Å². The molecule has 2 heteroatoms. The van der Waals surface area contributed by atoms with Crippen LogP contribution in [0, 0.1) is 0 Å². The predicted octanol–water partition coefficient (Wildman–Crippen LogP) is -0.177. The average molecular weight is 109 g/mol. The van der Waals surface area contributed by atoms with Gasteiger partial charge in [0.1, 0.15) is 6.54 Å². The molecule has 1 aromatic heterocycles. The van der Waals surface area contributed by atoms with E-state index in [2.05, 4.69) is 10.7 Å². The molecule has 0 aliphatic carbocycles. The predicted molar refractivity (Wildman–Crippen MR) is 30.8 cm³/mol. The molecular weight excluding hydrogens is 100 g/mol. The van der Waals surface area contributed by atoms with Crippen LogP contribution in [0.15, 0.2) is 24.4 Å². The second kappa shape index (κ2) is 2.43. The normalized spacial score (nSPS) is 9.12. The van der Waals surface area contributed by atoms with Gasteiger partial charge in [0, 0.05) is 6.20 Å². The molecule has 0 amide bonds. The first kappa shape index (κ1) is 5.25. The Labute approximate surface area is 48.4 Å². The average Bonchev–Trinajstić information content (AvgIpc) is 1.90. The van der Waals surface area contributed by atoms with Crippen LogP contribution >= 0.6 is 0 Å². The van der Waals surface area contributed by atoms with Crippen molar-refractivity contribution in [2.45, 2.75) is 6.54 Å². The molecule has 0 bridgehead atoms. The fourth-order valence-corrected chi connectivity index (χ4v) is 0.546. The Hall–Kier alpha value is -0.890. The molecule has 3 N–H and O–H groups in total. The van der Waals surface area contributed by atoms with Crippen LogP contribution in [-0.2, 0) is 6.54 Å². The number of pyridine rings is 1. The molecule has 0 radical (unpaired) electrons. The topological polar surface area (TPSA) is 40.5 Å². The molecule has 42 valence electrons. The smallest absolute Gasteiger partial charge is 0.117 e. The maximum atomic E-state index is 4.03. The van der Waals surface area contributed by atoms with E-state index in [1.807, 2.05) is 18.2 Å². The maximum Gasteiger partial charge on any atom is 0.117 e. The SMILES string of the molecule is [NH3+]Cc1ccccn1. The lowest BCUT2D eigenvalue weighted by Crippen LogP contribution is -2.47. The molecule has 1 rings (SSSR count). The summed E-state index contributed by atoms with van der Waals surface area (Å²) in [5.41, 5.74) is 4.74. The molecule has 0 aliphatic heterocycles. The van der Waals surface area contributed by atoms with Gasteiger partial charge in [0.2, 0.25) is 0 Å². The summed E-state index contributed by atoms with van der Waals surface area (Å²) in [5, 5.41) is 0. The van der Waals surface area contributed by atoms with Gasteiger partial charge in [-0.05, 0) is 12.1 Å². The standard InChI is InChI=1S/C6H8N2/c7-5-6-3-1-2-4-8-6/h1-4H,5,7H2/p+1. The van der Waals surface area contributed by atoms with Crippen LogP contribution in [0.5, 0.6) is 0 Å². The van der Waals surface area contributed by atoms with Crippen LogP contribution in [0.2, 0.25) is 0 Å². The minimum atomic E-state index is 0.779. The fourth-order valence-electron chi connectivity index (χ4n) is 0.546. The molecule has 1 heterocycles. The van der Waals surface area contributed by atoms with Crippen molar-refractivity contribution in [3.63, 3.8) is 0 Å². The van der Waals surface area contributed by atoms with E-state index in [1.54, 1.807) is 6.20 Å². The lowest BCUT2D eigenvalue weighted by atomic mass is 10.4. The molecule has 0 unspecified atom stereocenters. The lowest BCUT2D eigenvalue weighted by Gasteiger charge is -1.86. The Morgan fingerprint density at radius 1 is 1.50 bits per heavy atom. The molecule has 0 aliphatic rings. The van der Waals surface area contributed by atoms with E-state index in [1.165, 1.54) is 0 Å². The zero-order chi connectivity index (χ0) is 5.82. The third-order valence-electron chi connectivity index (χ3n) is 0.982. The summed E-state index contributed by atoms with van der Waals surface area (Å²) in [6.07, 6.45) is 1.78. The summed E-state index contributed by atoms with van der Waals surface area (Å²) in [5.74, 6) is 0. The van der Waals surface area contributed by atoms with Crippen LogP contribution < -0.4 is 5.73 Å². The van der Waals surface area contributed by atoms with Crippen molar-refractivity contribution in [3.05, 3.63) is 30.1 Å². The highest BCUT2D eigenvalue weighted by Crippen LogP contribution is 1.87. The monoisotopic (exact) mass is 109 g/mol. The van der Waals surface area contributed by atoms with Gasteiger partial charge in [-0.3, -0.25) is 4.98 Å². The number of rotatable bonds is 1. The van der Waals surface area contributed by atoms with E-state index in [4.69, 9.17) is 0 Å². The summed E-state index contributed by atoms with van der Waals surface area (Å²) < 4.78 is 0. The Morgan fingerprint density at radius 3 is 2.75 bits per heavy atom. The number of aromatic nitrogens is 1. The number of hydrogen-bond donors (Lipinski definition) is 1. The minimum Gasteiger partial charge on any atom is -0.353 e. The quantitative estimate of drug-likeness (QED) is 0.534. The van der Waals surface area contributed by atoms with Crippen LogP contribution in [-0.4, -0.2) is 4.98 Å². The molecule has 0 saturated carbocycles. The van der Waals surface area contributed by atoms with Crippen molar-refractivity contribution in [1.82, 2.24) is 4.98 Å². The summed E-state index contributed by atoms with van der Waals surface area (Å²) in [6.45, 7) is 0.779. The first-order valence-electron chi connectivity index (χ1n) is 2.62. The molecule has 1 aromatic rings. The molecule has 8 heavy (non-hydrogen) atoms. The van der Waals surface area contributed by atoms with Gasteiger partial charge in [0.05, 0.1) is 5.69 Å². The highest BCUT2D eigenvalue weighted by Gasteiger charge is 1.84. The summed E-state index contributed by atoms with van der Waals surface area (Å²) in [7, 11) is 0. The van der Waals surface area contributed by atoms with Crippen molar-refractivity contribution in [2.24, 2.45) is 0 Å². The molecule has 2 nitrogen and oxygen atoms in total. The number of hydrogen-bond acceptors (Lipinski definition) is 1. The van der Waals surface area contributed by atoms with E-state index in [0.717, 1.165) is 12.2 Å². The van der Waals surface area contributed by atoms with Gasteiger partial charge in [-0.2, -0.15) is 0 Å². The van der Waals surface area contributed by atoms with Gasteiger partial charge < -0.3 is 5.73 Å². The van der Waals surface area contributed by atoms with Gasteiger partial charge in [-0.1, -0.05) is 6.07 Å². The van der Waals surface area contributed by atoms with Gasteiger partial charge in [-0.25, -0.2) is 0 Å². The summed E-state index contributed by atoms with van der Waals surface area (Å²) >= 11 is 0. The first-order chi connectivity index (χ1) is 3.93. The lowest BCUT2D eigenvalue weighted by molar-refractivity contribution is -0.387. The van der Waals surface area contributed by atoms with E-state index in [0.29, 0.717) is 0 Å². The molecule has 0 spiro atoms. The van der Waals surface area contributed by atoms with Crippen molar-refractivity contribution < 1.29 is 5.73 Å². The number of quaternary nitrogens is 1. The van der Waals surface area contributed by atoms with Crippen molar-refractivity contribution in [1.29, 1.82) is 0 Å². The maximum absolute atomic E-state index is 4.03. The Balaban J connectivity index is 2.83. The second-order valence-electron chi connectivity index (χ2n) is 1.57. The number of nitrogens with zero attached hydrogens (tertiary/aromatic N) is 1. The summed E-state index contributed by atoms with van der Waals surface area (Å²) in [6, 6.07) is 5.83.